The Morgan fingerprint density at radius 2 is 2.00 bits per heavy atom. The van der Waals surface area contributed by atoms with Crippen molar-refractivity contribution in [2.24, 2.45) is 7.05 Å². The maximum Gasteiger partial charge on any atom is 0.243 e. The molecule has 1 N–H and O–H groups in total. The van der Waals surface area contributed by atoms with E-state index in [4.69, 9.17) is 0 Å². The first-order valence-electron chi connectivity index (χ1n) is 6.66. The average Bonchev–Trinajstić information content (AvgIpc) is 2.92. The van der Waals surface area contributed by atoms with E-state index < -0.39 is 10.0 Å². The summed E-state index contributed by atoms with van der Waals surface area (Å²) in [5, 5.41) is 3.88. The third-order valence-corrected chi connectivity index (χ3v) is 4.76. The number of aryl methyl sites for hydroxylation is 1. The highest BCUT2D eigenvalue weighted by Crippen LogP contribution is 2.14. The van der Waals surface area contributed by atoms with Crippen LogP contribution in [0.5, 0.6) is 0 Å². The van der Waals surface area contributed by atoms with Crippen LogP contribution in [-0.4, -0.2) is 37.8 Å². The zero-order valence-corrected chi connectivity index (χ0v) is 13.2. The van der Waals surface area contributed by atoms with Crippen molar-refractivity contribution in [1.29, 1.82) is 0 Å². The lowest BCUT2D eigenvalue weighted by Crippen LogP contribution is -2.40. The molecule has 1 aromatic carbocycles. The molecule has 2 aromatic rings. The molecule has 0 fully saturated rings. The second-order valence-corrected chi connectivity index (χ2v) is 6.76. The predicted molar refractivity (Wildman–Crippen MR) is 82.7 cm³/mol. The van der Waals surface area contributed by atoms with Crippen LogP contribution in [0, 0.1) is 0 Å². The third-order valence-electron chi connectivity index (χ3n) is 3.38. The number of aromatic nitrogens is 2. The van der Waals surface area contributed by atoms with Gasteiger partial charge in [-0.2, -0.15) is 5.10 Å². The Labute approximate surface area is 125 Å². The average molecular weight is 308 g/mol. The van der Waals surface area contributed by atoms with E-state index in [-0.39, 0.29) is 10.9 Å². The quantitative estimate of drug-likeness (QED) is 0.871. The summed E-state index contributed by atoms with van der Waals surface area (Å²) >= 11 is 0. The van der Waals surface area contributed by atoms with Gasteiger partial charge in [-0.1, -0.05) is 18.2 Å². The van der Waals surface area contributed by atoms with Gasteiger partial charge in [-0.3, -0.25) is 4.68 Å². The van der Waals surface area contributed by atoms with Gasteiger partial charge in [0.05, 0.1) is 6.20 Å². The first-order chi connectivity index (χ1) is 9.90. The summed E-state index contributed by atoms with van der Waals surface area (Å²) in [7, 11) is 0.118. The molecule has 0 saturated carbocycles. The molecule has 0 aliphatic rings. The van der Waals surface area contributed by atoms with Gasteiger partial charge in [-0.25, -0.2) is 13.1 Å². The molecule has 0 amide bonds. The first kappa shape index (κ1) is 15.5. The lowest BCUT2D eigenvalue weighted by molar-refractivity contribution is 0.570. The molecule has 0 aliphatic heterocycles. The molecule has 7 heteroatoms. The van der Waals surface area contributed by atoms with Gasteiger partial charge < -0.3 is 4.90 Å². The van der Waals surface area contributed by atoms with Crippen molar-refractivity contribution in [3.63, 3.8) is 0 Å². The second kappa shape index (κ2) is 6.28. The number of anilines is 1. The Bertz CT molecular complexity index is 682. The maximum atomic E-state index is 12.1. The highest BCUT2D eigenvalue weighted by atomic mass is 32.2. The minimum absolute atomic E-state index is 0.0267. The maximum absolute atomic E-state index is 12.1. The zero-order valence-electron chi connectivity index (χ0n) is 12.4. The van der Waals surface area contributed by atoms with Crippen molar-refractivity contribution >= 4 is 15.7 Å². The molecule has 1 heterocycles. The van der Waals surface area contributed by atoms with Crippen molar-refractivity contribution in [3.8, 4) is 0 Å². The molecule has 0 saturated heterocycles. The van der Waals surface area contributed by atoms with Crippen LogP contribution in [0.4, 0.5) is 5.69 Å². The van der Waals surface area contributed by atoms with Gasteiger partial charge in [0.2, 0.25) is 10.0 Å². The van der Waals surface area contributed by atoms with E-state index in [1.807, 2.05) is 49.2 Å². The number of benzene rings is 1. The molecular formula is C14H20N4O2S. The Morgan fingerprint density at radius 1 is 1.33 bits per heavy atom. The summed E-state index contributed by atoms with van der Waals surface area (Å²) in [5.41, 5.74) is 1.05. The van der Waals surface area contributed by atoms with Crippen LogP contribution in [0.1, 0.15) is 6.92 Å². The van der Waals surface area contributed by atoms with Gasteiger partial charge in [-0.15, -0.1) is 0 Å². The van der Waals surface area contributed by atoms with Crippen molar-refractivity contribution in [3.05, 3.63) is 42.7 Å². The molecule has 0 spiro atoms. The molecule has 21 heavy (non-hydrogen) atoms. The number of rotatable bonds is 6. The third kappa shape index (κ3) is 3.83. The molecule has 0 unspecified atom stereocenters. The lowest BCUT2D eigenvalue weighted by atomic mass is 10.2. The number of nitrogens with zero attached hydrogens (tertiary/aromatic N) is 3. The normalized spacial score (nSPS) is 13.1. The molecule has 6 nitrogen and oxygen atoms in total. The molecular weight excluding hydrogens is 288 g/mol. The minimum Gasteiger partial charge on any atom is -0.371 e. The van der Waals surface area contributed by atoms with Crippen LogP contribution in [0.15, 0.2) is 47.6 Å². The minimum atomic E-state index is -3.51. The van der Waals surface area contributed by atoms with Crippen molar-refractivity contribution in [2.45, 2.75) is 17.9 Å². The fourth-order valence-corrected chi connectivity index (χ4v) is 3.01. The molecule has 1 aromatic heterocycles. The van der Waals surface area contributed by atoms with Crippen LogP contribution >= 0.6 is 0 Å². The van der Waals surface area contributed by atoms with Gasteiger partial charge in [0.25, 0.3) is 0 Å². The van der Waals surface area contributed by atoms with Crippen molar-refractivity contribution < 1.29 is 8.42 Å². The van der Waals surface area contributed by atoms with Crippen LogP contribution in [0.3, 0.4) is 0 Å². The van der Waals surface area contributed by atoms with Crippen molar-refractivity contribution in [1.82, 2.24) is 14.5 Å². The summed E-state index contributed by atoms with van der Waals surface area (Å²) in [4.78, 5) is 2.21. The topological polar surface area (TPSA) is 67.2 Å². The number of likely N-dealkylation sites (N-methyl/N-ethyl adjacent to an activating group) is 1. The van der Waals surface area contributed by atoms with Gasteiger partial charge in [0.15, 0.2) is 0 Å². The predicted octanol–water partition coefficient (Wildman–Crippen LogP) is 1.22. The van der Waals surface area contributed by atoms with E-state index in [1.54, 1.807) is 7.05 Å². The Morgan fingerprint density at radius 3 is 2.57 bits per heavy atom. The largest absolute Gasteiger partial charge is 0.371 e. The second-order valence-electron chi connectivity index (χ2n) is 5.00. The van der Waals surface area contributed by atoms with Gasteiger partial charge in [-0.05, 0) is 19.1 Å². The number of hydrogen-bond donors (Lipinski definition) is 1. The Hall–Kier alpha value is -1.86. The van der Waals surface area contributed by atoms with E-state index in [1.165, 1.54) is 17.1 Å². The van der Waals surface area contributed by atoms with Crippen LogP contribution < -0.4 is 9.62 Å². The van der Waals surface area contributed by atoms with E-state index in [2.05, 4.69) is 9.82 Å². The smallest absolute Gasteiger partial charge is 0.243 e. The summed E-state index contributed by atoms with van der Waals surface area (Å²) in [6.45, 7) is 2.29. The monoisotopic (exact) mass is 308 g/mol. The summed E-state index contributed by atoms with van der Waals surface area (Å²) in [6, 6.07) is 9.88. The standard InChI is InChI=1S/C14H20N4O2S/c1-12(18(3)13-7-5-4-6-8-13)9-16-21(19,20)14-10-15-17(2)11-14/h4-8,10-12,16H,9H2,1-3H3/t12-/m1/s1. The molecule has 0 radical (unpaired) electrons. The van der Waals surface area contributed by atoms with E-state index in [9.17, 15) is 8.42 Å². The molecule has 0 aliphatic carbocycles. The lowest BCUT2D eigenvalue weighted by Gasteiger charge is -2.27. The van der Waals surface area contributed by atoms with Gasteiger partial charge in [0.1, 0.15) is 4.90 Å². The fourth-order valence-electron chi connectivity index (χ4n) is 1.91. The molecule has 0 bridgehead atoms. The Kier molecular flexibility index (Phi) is 4.64. The molecule has 114 valence electrons. The zero-order chi connectivity index (χ0) is 15.5. The summed E-state index contributed by atoms with van der Waals surface area (Å²) in [6.07, 6.45) is 2.82. The number of sulfonamides is 1. The molecule has 1 atom stereocenters. The van der Waals surface area contributed by atoms with Crippen LogP contribution in [0.2, 0.25) is 0 Å². The van der Waals surface area contributed by atoms with Crippen LogP contribution in [0.25, 0.3) is 0 Å². The van der Waals surface area contributed by atoms with Crippen molar-refractivity contribution in [2.75, 3.05) is 18.5 Å². The van der Waals surface area contributed by atoms with Crippen LogP contribution in [-0.2, 0) is 17.1 Å². The van der Waals surface area contributed by atoms with E-state index in [0.29, 0.717) is 6.54 Å². The summed E-state index contributed by atoms with van der Waals surface area (Å²) < 4.78 is 28.3. The number of para-hydroxylation sites is 1. The fraction of sp³-hybridized carbons (Fsp3) is 0.357. The Balaban J connectivity index is 1.99. The number of nitrogens with one attached hydrogen (secondary N) is 1. The van der Waals surface area contributed by atoms with E-state index >= 15 is 0 Å². The van der Waals surface area contributed by atoms with E-state index in [0.717, 1.165) is 5.69 Å². The van der Waals surface area contributed by atoms with Gasteiger partial charge >= 0.3 is 0 Å². The van der Waals surface area contributed by atoms with Gasteiger partial charge in [0, 0.05) is 38.6 Å². The summed E-state index contributed by atoms with van der Waals surface area (Å²) in [5.74, 6) is 0. The SMILES string of the molecule is C[C@H](CNS(=O)(=O)c1cnn(C)c1)N(C)c1ccccc1. The number of hydrogen-bond acceptors (Lipinski definition) is 4. The highest BCUT2D eigenvalue weighted by molar-refractivity contribution is 7.89. The first-order valence-corrected chi connectivity index (χ1v) is 8.14. The molecule has 2 rings (SSSR count). The highest BCUT2D eigenvalue weighted by Gasteiger charge is 2.18.